The van der Waals surface area contributed by atoms with Gasteiger partial charge >= 0.3 is 0 Å². The number of nitrogens with one attached hydrogen (secondary N) is 1. The fourth-order valence-corrected chi connectivity index (χ4v) is 2.65. The molecule has 6 heteroatoms. The molecule has 0 spiro atoms. The van der Waals surface area contributed by atoms with E-state index in [1.54, 1.807) is 42.5 Å². The van der Waals surface area contributed by atoms with Crippen molar-refractivity contribution in [3.05, 3.63) is 58.6 Å². The molecule has 0 saturated carbocycles. The van der Waals surface area contributed by atoms with Crippen LogP contribution in [0.3, 0.4) is 0 Å². The number of anilines is 2. The maximum atomic E-state index is 12.3. The van der Waals surface area contributed by atoms with Gasteiger partial charge in [0.1, 0.15) is 6.54 Å². The molecule has 0 atom stereocenters. The molecule has 0 aliphatic heterocycles. The van der Waals surface area contributed by atoms with E-state index in [2.05, 4.69) is 5.32 Å². The van der Waals surface area contributed by atoms with Crippen LogP contribution in [-0.4, -0.2) is 24.1 Å². The average Bonchev–Trinajstić information content (AvgIpc) is 2.53. The van der Waals surface area contributed by atoms with Crippen molar-refractivity contribution >= 4 is 40.6 Å². The van der Waals surface area contributed by atoms with Gasteiger partial charge in [-0.1, -0.05) is 11.6 Å². The predicted molar refractivity (Wildman–Crippen MR) is 99.3 cm³/mol. The van der Waals surface area contributed by atoms with Crippen LogP contribution in [0.5, 0.6) is 0 Å². The van der Waals surface area contributed by atoms with Crippen LogP contribution in [0.25, 0.3) is 0 Å². The molecular weight excluding hydrogens is 340 g/mol. The highest BCUT2D eigenvalue weighted by Gasteiger charge is 2.18. The van der Waals surface area contributed by atoms with Gasteiger partial charge in [0.25, 0.3) is 0 Å². The number of halogens is 1. The molecule has 0 unspecified atom stereocenters. The zero-order valence-corrected chi connectivity index (χ0v) is 15.1. The number of hydrogen-bond donors (Lipinski definition) is 1. The molecule has 0 fully saturated rings. The normalized spacial score (nSPS) is 10.2. The van der Waals surface area contributed by atoms with Gasteiger partial charge in [-0.3, -0.25) is 14.4 Å². The zero-order valence-electron chi connectivity index (χ0n) is 14.3. The Morgan fingerprint density at radius 2 is 1.68 bits per heavy atom. The molecule has 130 valence electrons. The van der Waals surface area contributed by atoms with E-state index >= 15 is 0 Å². The van der Waals surface area contributed by atoms with Gasteiger partial charge in [-0.05, 0) is 61.9 Å². The van der Waals surface area contributed by atoms with E-state index in [9.17, 15) is 14.4 Å². The maximum Gasteiger partial charge on any atom is 0.244 e. The van der Waals surface area contributed by atoms with Gasteiger partial charge in [-0.2, -0.15) is 0 Å². The molecule has 0 saturated heterocycles. The monoisotopic (exact) mass is 358 g/mol. The standard InChI is InChI=1S/C19H19ClN2O3/c1-12-10-16(20)6-9-18(12)22(14(3)24)11-19(25)21-17-7-4-15(5-8-17)13(2)23/h4-10H,11H2,1-3H3,(H,21,25). The fourth-order valence-electron chi connectivity index (χ4n) is 2.42. The van der Waals surface area contributed by atoms with Crippen molar-refractivity contribution in [1.82, 2.24) is 0 Å². The van der Waals surface area contributed by atoms with Crippen LogP contribution in [-0.2, 0) is 9.59 Å². The predicted octanol–water partition coefficient (Wildman–Crippen LogP) is 3.84. The summed E-state index contributed by atoms with van der Waals surface area (Å²) in [5, 5.41) is 3.29. The van der Waals surface area contributed by atoms with Crippen molar-refractivity contribution < 1.29 is 14.4 Å². The Kier molecular flexibility index (Phi) is 5.93. The molecule has 2 rings (SSSR count). The highest BCUT2D eigenvalue weighted by molar-refractivity contribution is 6.30. The minimum absolute atomic E-state index is 0.0427. The number of ketones is 1. The molecule has 2 aromatic rings. The number of Topliss-reactive ketones (excluding diaryl/α,β-unsaturated/α-hetero) is 1. The minimum atomic E-state index is -0.333. The molecule has 2 aromatic carbocycles. The van der Waals surface area contributed by atoms with Crippen LogP contribution >= 0.6 is 11.6 Å². The van der Waals surface area contributed by atoms with E-state index in [1.165, 1.54) is 18.7 Å². The molecule has 0 bridgehead atoms. The molecule has 0 aliphatic carbocycles. The zero-order chi connectivity index (χ0) is 18.6. The van der Waals surface area contributed by atoms with Gasteiger partial charge in [0, 0.05) is 28.9 Å². The Labute approximate surface area is 151 Å². The third-order valence-corrected chi connectivity index (χ3v) is 3.94. The summed E-state index contributed by atoms with van der Waals surface area (Å²) >= 11 is 5.94. The van der Waals surface area contributed by atoms with Gasteiger partial charge in [-0.15, -0.1) is 0 Å². The summed E-state index contributed by atoms with van der Waals surface area (Å²) in [6.45, 7) is 4.59. The first-order valence-corrected chi connectivity index (χ1v) is 8.11. The number of rotatable bonds is 5. The third-order valence-electron chi connectivity index (χ3n) is 3.71. The Morgan fingerprint density at radius 1 is 1.04 bits per heavy atom. The average molecular weight is 359 g/mol. The van der Waals surface area contributed by atoms with Crippen LogP contribution in [0, 0.1) is 6.92 Å². The summed E-state index contributed by atoms with van der Waals surface area (Å²) in [7, 11) is 0. The molecular formula is C19H19ClN2O3. The van der Waals surface area contributed by atoms with Crippen molar-refractivity contribution in [2.75, 3.05) is 16.8 Å². The second kappa shape index (κ2) is 7.94. The van der Waals surface area contributed by atoms with E-state index in [0.29, 0.717) is 22.0 Å². The maximum absolute atomic E-state index is 12.3. The lowest BCUT2D eigenvalue weighted by atomic mass is 10.1. The minimum Gasteiger partial charge on any atom is -0.325 e. The Hall–Kier alpha value is -2.66. The molecule has 2 amide bonds. The number of amides is 2. The molecule has 0 aliphatic rings. The van der Waals surface area contributed by atoms with E-state index in [1.807, 2.05) is 6.92 Å². The fraction of sp³-hybridized carbons (Fsp3) is 0.211. The smallest absolute Gasteiger partial charge is 0.244 e. The van der Waals surface area contributed by atoms with E-state index in [0.717, 1.165) is 5.56 Å². The lowest BCUT2D eigenvalue weighted by molar-refractivity contribution is -0.120. The first kappa shape index (κ1) is 18.7. The van der Waals surface area contributed by atoms with E-state index in [-0.39, 0.29) is 24.1 Å². The van der Waals surface area contributed by atoms with E-state index < -0.39 is 0 Å². The molecule has 0 radical (unpaired) electrons. The number of aryl methyl sites for hydroxylation is 1. The van der Waals surface area contributed by atoms with Crippen molar-refractivity contribution in [3.8, 4) is 0 Å². The summed E-state index contributed by atoms with van der Waals surface area (Å²) in [5.74, 6) is -0.619. The second-order valence-corrected chi connectivity index (χ2v) is 6.15. The highest BCUT2D eigenvalue weighted by Crippen LogP contribution is 2.24. The molecule has 0 aromatic heterocycles. The van der Waals surface area contributed by atoms with Gasteiger partial charge in [0.2, 0.25) is 11.8 Å². The lowest BCUT2D eigenvalue weighted by Gasteiger charge is -2.22. The van der Waals surface area contributed by atoms with Crippen molar-refractivity contribution in [2.24, 2.45) is 0 Å². The summed E-state index contributed by atoms with van der Waals surface area (Å²) in [6.07, 6.45) is 0. The third kappa shape index (κ3) is 4.90. The van der Waals surface area contributed by atoms with Gasteiger partial charge in [-0.25, -0.2) is 0 Å². The highest BCUT2D eigenvalue weighted by atomic mass is 35.5. The summed E-state index contributed by atoms with van der Waals surface area (Å²) in [5.41, 5.74) is 2.58. The first-order chi connectivity index (χ1) is 11.8. The molecule has 0 heterocycles. The van der Waals surface area contributed by atoms with Crippen LogP contribution < -0.4 is 10.2 Å². The van der Waals surface area contributed by atoms with Crippen LogP contribution in [0.2, 0.25) is 5.02 Å². The van der Waals surface area contributed by atoms with Crippen LogP contribution in [0.1, 0.15) is 29.8 Å². The molecule has 1 N–H and O–H groups in total. The number of benzene rings is 2. The van der Waals surface area contributed by atoms with Crippen molar-refractivity contribution in [3.63, 3.8) is 0 Å². The van der Waals surface area contributed by atoms with Gasteiger partial charge in [0.15, 0.2) is 5.78 Å². The lowest BCUT2D eigenvalue weighted by Crippen LogP contribution is -2.37. The van der Waals surface area contributed by atoms with Crippen molar-refractivity contribution in [2.45, 2.75) is 20.8 Å². The number of nitrogens with zero attached hydrogens (tertiary/aromatic N) is 1. The SMILES string of the molecule is CC(=O)c1ccc(NC(=O)CN(C(C)=O)c2ccc(Cl)cc2C)cc1. The number of carbonyl (C=O) groups is 3. The summed E-state index contributed by atoms with van der Waals surface area (Å²) < 4.78 is 0. The number of hydrogen-bond acceptors (Lipinski definition) is 3. The van der Waals surface area contributed by atoms with Gasteiger partial charge in [0.05, 0.1) is 0 Å². The molecule has 25 heavy (non-hydrogen) atoms. The van der Waals surface area contributed by atoms with Crippen LogP contribution in [0.4, 0.5) is 11.4 Å². The topological polar surface area (TPSA) is 66.5 Å². The Morgan fingerprint density at radius 3 is 2.20 bits per heavy atom. The van der Waals surface area contributed by atoms with Crippen LogP contribution in [0.15, 0.2) is 42.5 Å². The number of carbonyl (C=O) groups excluding carboxylic acids is 3. The Balaban J connectivity index is 2.12. The second-order valence-electron chi connectivity index (χ2n) is 5.72. The largest absolute Gasteiger partial charge is 0.325 e. The van der Waals surface area contributed by atoms with Crippen molar-refractivity contribution in [1.29, 1.82) is 0 Å². The van der Waals surface area contributed by atoms with E-state index in [4.69, 9.17) is 11.6 Å². The first-order valence-electron chi connectivity index (χ1n) is 7.73. The summed E-state index contributed by atoms with van der Waals surface area (Å²) in [6, 6.07) is 11.7. The quantitative estimate of drug-likeness (QED) is 0.826. The summed E-state index contributed by atoms with van der Waals surface area (Å²) in [4.78, 5) is 36.9. The van der Waals surface area contributed by atoms with Gasteiger partial charge < -0.3 is 10.2 Å². The Bertz CT molecular complexity index is 816. The molecule has 5 nitrogen and oxygen atoms in total.